The van der Waals surface area contributed by atoms with E-state index >= 15 is 0 Å². The zero-order valence-electron chi connectivity index (χ0n) is 18.5. The Bertz CT molecular complexity index is 1100. The Morgan fingerprint density at radius 1 is 0.812 bits per heavy atom. The van der Waals surface area contributed by atoms with Crippen LogP contribution in [0.1, 0.15) is 22.8 Å². The minimum absolute atomic E-state index is 0.289. The minimum Gasteiger partial charge on any atom is -0.494 e. The van der Waals surface area contributed by atoms with Crippen LogP contribution >= 0.6 is 0 Å². The first-order valence-electron chi connectivity index (χ1n) is 10.1. The number of rotatable bonds is 8. The molecular formula is C25H26N2O5. The van der Waals surface area contributed by atoms with Crippen molar-refractivity contribution in [1.82, 2.24) is 0 Å². The van der Waals surface area contributed by atoms with Crippen molar-refractivity contribution in [3.8, 4) is 17.2 Å². The van der Waals surface area contributed by atoms with Gasteiger partial charge in [-0.1, -0.05) is 30.3 Å². The van der Waals surface area contributed by atoms with E-state index in [0.717, 1.165) is 5.56 Å². The lowest BCUT2D eigenvalue weighted by Gasteiger charge is -2.18. The number of carbonyl (C=O) groups is 2. The Kier molecular flexibility index (Phi) is 7.33. The molecule has 0 spiro atoms. The number of methoxy groups -OCH3 is 2. The summed E-state index contributed by atoms with van der Waals surface area (Å²) in [5, 5.41) is 5.61. The number of anilines is 2. The fraction of sp³-hybridized carbons (Fsp3) is 0.200. The molecule has 2 N–H and O–H groups in total. The van der Waals surface area contributed by atoms with Gasteiger partial charge in [-0.05, 0) is 43.7 Å². The highest BCUT2D eigenvalue weighted by atomic mass is 16.5. The SMILES string of the molecule is COc1cc(NC(=O)C(C)Oc2cccc(C)c2)c(OC)cc1NC(=O)c1ccccc1. The Labute approximate surface area is 187 Å². The monoisotopic (exact) mass is 434 g/mol. The lowest BCUT2D eigenvalue weighted by Crippen LogP contribution is -2.30. The second-order valence-electron chi connectivity index (χ2n) is 7.14. The van der Waals surface area contributed by atoms with Gasteiger partial charge in [0.25, 0.3) is 11.8 Å². The molecule has 1 atom stereocenters. The summed E-state index contributed by atoms with van der Waals surface area (Å²) in [6, 6.07) is 19.5. The predicted molar refractivity (Wildman–Crippen MR) is 124 cm³/mol. The lowest BCUT2D eigenvalue weighted by atomic mass is 10.2. The van der Waals surface area contributed by atoms with Gasteiger partial charge in [0.15, 0.2) is 6.10 Å². The zero-order valence-corrected chi connectivity index (χ0v) is 18.5. The average molecular weight is 434 g/mol. The molecule has 3 aromatic carbocycles. The van der Waals surface area contributed by atoms with Gasteiger partial charge >= 0.3 is 0 Å². The minimum atomic E-state index is -0.745. The van der Waals surface area contributed by atoms with Crippen molar-refractivity contribution in [1.29, 1.82) is 0 Å². The predicted octanol–water partition coefficient (Wildman–Crippen LogP) is 4.67. The number of hydrogen-bond donors (Lipinski definition) is 2. The molecule has 3 rings (SSSR count). The van der Waals surface area contributed by atoms with Crippen LogP contribution in [-0.4, -0.2) is 32.1 Å². The number of hydrogen-bond acceptors (Lipinski definition) is 5. The summed E-state index contributed by atoms with van der Waals surface area (Å²) in [4.78, 5) is 25.3. The van der Waals surface area contributed by atoms with E-state index < -0.39 is 6.10 Å². The molecule has 0 aliphatic carbocycles. The first-order valence-corrected chi connectivity index (χ1v) is 10.1. The first kappa shape index (κ1) is 22.7. The highest BCUT2D eigenvalue weighted by Gasteiger charge is 2.20. The molecule has 0 bridgehead atoms. The molecule has 32 heavy (non-hydrogen) atoms. The van der Waals surface area contributed by atoms with Crippen molar-refractivity contribution in [2.24, 2.45) is 0 Å². The van der Waals surface area contributed by atoms with Crippen molar-refractivity contribution in [3.63, 3.8) is 0 Å². The van der Waals surface area contributed by atoms with Crippen LogP contribution in [0.15, 0.2) is 66.7 Å². The molecule has 0 fully saturated rings. The molecule has 7 heteroatoms. The van der Waals surface area contributed by atoms with Gasteiger partial charge in [-0.2, -0.15) is 0 Å². The molecule has 0 saturated heterocycles. The highest BCUT2D eigenvalue weighted by molar-refractivity contribution is 6.05. The molecule has 7 nitrogen and oxygen atoms in total. The summed E-state index contributed by atoms with van der Waals surface area (Å²) >= 11 is 0. The number of benzene rings is 3. The van der Waals surface area contributed by atoms with Crippen LogP contribution < -0.4 is 24.8 Å². The topological polar surface area (TPSA) is 85.9 Å². The van der Waals surface area contributed by atoms with Crippen LogP contribution in [0.5, 0.6) is 17.2 Å². The molecule has 0 aliphatic heterocycles. The van der Waals surface area contributed by atoms with E-state index in [4.69, 9.17) is 14.2 Å². The van der Waals surface area contributed by atoms with Gasteiger partial charge in [0.1, 0.15) is 17.2 Å². The second-order valence-corrected chi connectivity index (χ2v) is 7.14. The third-order valence-corrected chi connectivity index (χ3v) is 4.74. The third-order valence-electron chi connectivity index (χ3n) is 4.74. The van der Waals surface area contributed by atoms with Crippen LogP contribution in [0.3, 0.4) is 0 Å². The maximum absolute atomic E-state index is 12.7. The summed E-state index contributed by atoms with van der Waals surface area (Å²) < 4.78 is 16.6. The average Bonchev–Trinajstić information content (AvgIpc) is 2.80. The lowest BCUT2D eigenvalue weighted by molar-refractivity contribution is -0.122. The summed E-state index contributed by atoms with van der Waals surface area (Å²) in [6.45, 7) is 3.61. The van der Waals surface area contributed by atoms with Gasteiger partial charge in [0.05, 0.1) is 25.6 Å². The molecule has 166 valence electrons. The first-order chi connectivity index (χ1) is 15.4. The van der Waals surface area contributed by atoms with Crippen LogP contribution in [0, 0.1) is 6.92 Å². The van der Waals surface area contributed by atoms with Gasteiger partial charge < -0.3 is 24.8 Å². The fourth-order valence-corrected chi connectivity index (χ4v) is 3.06. The van der Waals surface area contributed by atoms with E-state index in [1.165, 1.54) is 14.2 Å². The molecule has 1 unspecified atom stereocenters. The van der Waals surface area contributed by atoms with Crippen molar-refractivity contribution < 1.29 is 23.8 Å². The smallest absolute Gasteiger partial charge is 0.265 e. The van der Waals surface area contributed by atoms with Crippen molar-refractivity contribution >= 4 is 23.2 Å². The maximum Gasteiger partial charge on any atom is 0.265 e. The third kappa shape index (κ3) is 5.57. The van der Waals surface area contributed by atoms with Gasteiger partial charge in [0, 0.05) is 17.7 Å². The van der Waals surface area contributed by atoms with Crippen molar-refractivity contribution in [2.45, 2.75) is 20.0 Å². The largest absolute Gasteiger partial charge is 0.494 e. The van der Waals surface area contributed by atoms with Crippen LogP contribution in [0.25, 0.3) is 0 Å². The van der Waals surface area contributed by atoms with E-state index in [0.29, 0.717) is 34.2 Å². The summed E-state index contributed by atoms with van der Waals surface area (Å²) in [5.74, 6) is 0.704. The van der Waals surface area contributed by atoms with E-state index in [9.17, 15) is 9.59 Å². The number of aryl methyl sites for hydroxylation is 1. The van der Waals surface area contributed by atoms with Crippen LogP contribution in [0.4, 0.5) is 11.4 Å². The highest BCUT2D eigenvalue weighted by Crippen LogP contribution is 2.36. The maximum atomic E-state index is 12.7. The molecular weight excluding hydrogens is 408 g/mol. The van der Waals surface area contributed by atoms with Gasteiger partial charge in [-0.3, -0.25) is 9.59 Å². The molecule has 0 radical (unpaired) electrons. The van der Waals surface area contributed by atoms with E-state index in [2.05, 4.69) is 10.6 Å². The normalized spacial score (nSPS) is 11.2. The molecule has 0 aromatic heterocycles. The van der Waals surface area contributed by atoms with Gasteiger partial charge in [-0.15, -0.1) is 0 Å². The number of nitrogens with one attached hydrogen (secondary N) is 2. The number of ether oxygens (including phenoxy) is 3. The van der Waals surface area contributed by atoms with Gasteiger partial charge in [0.2, 0.25) is 0 Å². The Morgan fingerprint density at radius 2 is 1.44 bits per heavy atom. The Balaban J connectivity index is 1.77. The molecule has 3 aromatic rings. The number of amides is 2. The molecule has 2 amide bonds. The number of carbonyl (C=O) groups excluding carboxylic acids is 2. The van der Waals surface area contributed by atoms with E-state index in [-0.39, 0.29) is 11.8 Å². The van der Waals surface area contributed by atoms with E-state index in [1.54, 1.807) is 49.4 Å². The van der Waals surface area contributed by atoms with Crippen molar-refractivity contribution in [2.75, 3.05) is 24.9 Å². The van der Waals surface area contributed by atoms with Crippen LogP contribution in [0.2, 0.25) is 0 Å². The molecule has 0 aliphatic rings. The standard InChI is InChI=1S/C25H26N2O5/c1-16-9-8-12-19(13-16)32-17(2)24(28)26-20-14-23(31-4)21(15-22(20)30-3)27-25(29)18-10-6-5-7-11-18/h5-15,17H,1-4H3,(H,26,28)(H,27,29). The van der Waals surface area contributed by atoms with Gasteiger partial charge in [-0.25, -0.2) is 0 Å². The summed E-state index contributed by atoms with van der Waals surface area (Å²) in [6.07, 6.45) is -0.745. The summed E-state index contributed by atoms with van der Waals surface area (Å²) in [7, 11) is 2.96. The Morgan fingerprint density at radius 3 is 2.03 bits per heavy atom. The fourth-order valence-electron chi connectivity index (χ4n) is 3.06. The quantitative estimate of drug-likeness (QED) is 0.538. The van der Waals surface area contributed by atoms with Crippen LogP contribution in [-0.2, 0) is 4.79 Å². The summed E-state index contributed by atoms with van der Waals surface area (Å²) in [5.41, 5.74) is 2.36. The van der Waals surface area contributed by atoms with Crippen molar-refractivity contribution in [3.05, 3.63) is 77.9 Å². The Hall–Kier alpha value is -4.00. The molecule has 0 heterocycles. The second kappa shape index (κ2) is 10.3. The zero-order chi connectivity index (χ0) is 23.1. The van der Waals surface area contributed by atoms with E-state index in [1.807, 2.05) is 31.2 Å². The molecule has 0 saturated carbocycles.